The summed E-state index contributed by atoms with van der Waals surface area (Å²) in [5.41, 5.74) is 5.13. The minimum absolute atomic E-state index is 0.0747. The Kier molecular flexibility index (Phi) is 3.94. The van der Waals surface area contributed by atoms with E-state index in [1.807, 2.05) is 30.5 Å². The lowest BCUT2D eigenvalue weighted by Gasteiger charge is -2.22. The minimum atomic E-state index is -0.571. The molecule has 2 atom stereocenters. The number of hydrogen-bond donors (Lipinski definition) is 3. The van der Waals surface area contributed by atoms with Crippen molar-refractivity contribution < 1.29 is 14.6 Å². The van der Waals surface area contributed by atoms with Gasteiger partial charge < -0.3 is 25.0 Å². The number of aromatic nitrogens is 4. The van der Waals surface area contributed by atoms with Gasteiger partial charge in [-0.2, -0.15) is 0 Å². The summed E-state index contributed by atoms with van der Waals surface area (Å²) in [4.78, 5) is 26.7. The van der Waals surface area contributed by atoms with Gasteiger partial charge in [0.2, 0.25) is 5.91 Å². The number of aromatic amines is 1. The lowest BCUT2D eigenvalue weighted by atomic mass is 10.1. The first-order valence-electron chi connectivity index (χ1n) is 10.4. The Morgan fingerprint density at radius 2 is 2.19 bits per heavy atom. The van der Waals surface area contributed by atoms with E-state index in [4.69, 9.17) is 9.72 Å². The number of rotatable bonds is 2. The molecule has 9 nitrogen and oxygen atoms in total. The van der Waals surface area contributed by atoms with Crippen LogP contribution in [0.4, 0.5) is 5.69 Å². The first kappa shape index (κ1) is 18.2. The predicted octanol–water partition coefficient (Wildman–Crippen LogP) is 2.34. The van der Waals surface area contributed by atoms with Crippen molar-refractivity contribution in [2.45, 2.75) is 25.5 Å². The summed E-state index contributed by atoms with van der Waals surface area (Å²) in [5.74, 6) is 1.48. The number of aliphatic hydroxyl groups is 1. The molecule has 0 bridgehead atoms. The summed E-state index contributed by atoms with van der Waals surface area (Å²) >= 11 is 0. The lowest BCUT2D eigenvalue weighted by molar-refractivity contribution is -0.130. The van der Waals surface area contributed by atoms with Crippen molar-refractivity contribution >= 4 is 28.3 Å². The van der Waals surface area contributed by atoms with Crippen molar-refractivity contribution in [2.24, 2.45) is 0 Å². The fourth-order valence-electron chi connectivity index (χ4n) is 4.72. The minimum Gasteiger partial charge on any atom is -0.490 e. The summed E-state index contributed by atoms with van der Waals surface area (Å²) in [6.45, 7) is 3.24. The highest BCUT2D eigenvalue weighted by Gasteiger charge is 2.37. The molecule has 0 unspecified atom stereocenters. The monoisotopic (exact) mass is 418 g/mol. The standard InChI is InChI=1S/C22H22N6O3/c1-12(29)27-11-14(30)9-17(27)22-26-20(13-2-3-19-15(8-13)23-6-7-31-19)18-10-25-21-16(28(18)22)4-5-24-21/h2-5,8,10,14,17,23-24,30H,6-7,9,11H2,1H3/t14-,17-/m1/s1. The number of anilines is 1. The van der Waals surface area contributed by atoms with Gasteiger partial charge >= 0.3 is 0 Å². The fraction of sp³-hybridized carbons (Fsp3) is 0.318. The van der Waals surface area contributed by atoms with Crippen LogP contribution in [0.3, 0.4) is 0 Å². The molecule has 1 saturated heterocycles. The molecule has 1 amide bonds. The van der Waals surface area contributed by atoms with Crippen LogP contribution in [-0.2, 0) is 4.79 Å². The maximum Gasteiger partial charge on any atom is 0.220 e. The molecule has 0 saturated carbocycles. The number of aliphatic hydroxyl groups excluding tert-OH is 1. The molecule has 3 aromatic heterocycles. The molecule has 0 spiro atoms. The number of fused-ring (bicyclic) bond motifs is 4. The molecule has 158 valence electrons. The zero-order valence-corrected chi connectivity index (χ0v) is 17.0. The van der Waals surface area contributed by atoms with Gasteiger partial charge in [0.1, 0.15) is 18.2 Å². The third kappa shape index (κ3) is 2.77. The number of carbonyl (C=O) groups excluding carboxylic acids is 1. The van der Waals surface area contributed by atoms with Crippen LogP contribution >= 0.6 is 0 Å². The zero-order chi connectivity index (χ0) is 21.1. The van der Waals surface area contributed by atoms with E-state index >= 15 is 0 Å². The second-order valence-electron chi connectivity index (χ2n) is 8.07. The third-order valence-electron chi connectivity index (χ3n) is 6.11. The number of β-amino-alcohol motifs (C(OH)–C–C–N with tert-alkyl or cyclic N) is 1. The van der Waals surface area contributed by atoms with Crippen LogP contribution in [-0.4, -0.2) is 61.1 Å². The van der Waals surface area contributed by atoms with E-state index in [0.29, 0.717) is 19.6 Å². The molecule has 4 aromatic rings. The number of likely N-dealkylation sites (tertiary alicyclic amines) is 1. The molecule has 1 fully saturated rings. The molecule has 1 aromatic carbocycles. The van der Waals surface area contributed by atoms with Gasteiger partial charge in [-0.1, -0.05) is 0 Å². The third-order valence-corrected chi connectivity index (χ3v) is 6.11. The first-order valence-corrected chi connectivity index (χ1v) is 10.4. The lowest BCUT2D eigenvalue weighted by Crippen LogP contribution is -2.30. The highest BCUT2D eigenvalue weighted by atomic mass is 16.5. The number of benzene rings is 1. The molecule has 2 aliphatic rings. The average Bonchev–Trinajstić information content (AvgIpc) is 3.48. The Bertz CT molecular complexity index is 1330. The van der Waals surface area contributed by atoms with Gasteiger partial charge in [-0.05, 0) is 24.3 Å². The summed E-state index contributed by atoms with van der Waals surface area (Å²) in [7, 11) is 0. The number of nitrogens with one attached hydrogen (secondary N) is 2. The van der Waals surface area contributed by atoms with E-state index in [1.54, 1.807) is 11.1 Å². The number of ether oxygens (including phenoxy) is 1. The number of carbonyl (C=O) groups is 1. The SMILES string of the molecule is CC(=O)N1C[C@H](O)C[C@@H]1c1nc(-c2ccc3c(c2)NCCO3)c2cnc3[nH]ccc3n12. The van der Waals surface area contributed by atoms with Crippen LogP contribution in [0.15, 0.2) is 36.7 Å². The van der Waals surface area contributed by atoms with E-state index in [9.17, 15) is 9.90 Å². The van der Waals surface area contributed by atoms with Crippen molar-refractivity contribution in [3.05, 3.63) is 42.5 Å². The Hall–Kier alpha value is -3.59. The van der Waals surface area contributed by atoms with Crippen LogP contribution in [0, 0.1) is 0 Å². The van der Waals surface area contributed by atoms with E-state index in [0.717, 1.165) is 51.7 Å². The van der Waals surface area contributed by atoms with Crippen molar-refractivity contribution in [2.75, 3.05) is 25.0 Å². The molecular weight excluding hydrogens is 396 g/mol. The summed E-state index contributed by atoms with van der Waals surface area (Å²) in [6.07, 6.45) is 3.52. The van der Waals surface area contributed by atoms with Crippen LogP contribution in [0.5, 0.6) is 5.75 Å². The van der Waals surface area contributed by atoms with Crippen LogP contribution in [0.1, 0.15) is 25.2 Å². The predicted molar refractivity (Wildman–Crippen MR) is 115 cm³/mol. The van der Waals surface area contributed by atoms with Crippen molar-refractivity contribution in [3.63, 3.8) is 0 Å². The number of amides is 1. The zero-order valence-electron chi connectivity index (χ0n) is 17.0. The molecule has 2 aliphatic heterocycles. The van der Waals surface area contributed by atoms with Gasteiger partial charge in [-0.15, -0.1) is 0 Å². The Balaban J connectivity index is 1.59. The average molecular weight is 418 g/mol. The van der Waals surface area contributed by atoms with Crippen LogP contribution in [0.25, 0.3) is 27.9 Å². The highest BCUT2D eigenvalue weighted by molar-refractivity contribution is 5.86. The first-order chi connectivity index (χ1) is 15.1. The van der Waals surface area contributed by atoms with E-state index in [2.05, 4.69) is 19.7 Å². The van der Waals surface area contributed by atoms with E-state index in [1.165, 1.54) is 6.92 Å². The van der Waals surface area contributed by atoms with Crippen LogP contribution in [0.2, 0.25) is 0 Å². The number of H-pyrrole nitrogens is 1. The molecule has 31 heavy (non-hydrogen) atoms. The summed E-state index contributed by atoms with van der Waals surface area (Å²) < 4.78 is 7.76. The number of imidazole rings is 1. The van der Waals surface area contributed by atoms with Gasteiger partial charge in [0.15, 0.2) is 5.65 Å². The van der Waals surface area contributed by atoms with Gasteiger partial charge in [0.25, 0.3) is 0 Å². The molecule has 0 radical (unpaired) electrons. The molecule has 9 heteroatoms. The second kappa shape index (κ2) is 6.71. The fourth-order valence-corrected chi connectivity index (χ4v) is 4.72. The highest BCUT2D eigenvalue weighted by Crippen LogP contribution is 2.38. The maximum absolute atomic E-state index is 12.3. The quantitative estimate of drug-likeness (QED) is 0.461. The molecule has 0 aliphatic carbocycles. The van der Waals surface area contributed by atoms with E-state index < -0.39 is 6.10 Å². The Morgan fingerprint density at radius 1 is 1.29 bits per heavy atom. The topological polar surface area (TPSA) is 108 Å². The second-order valence-corrected chi connectivity index (χ2v) is 8.07. The van der Waals surface area contributed by atoms with E-state index in [-0.39, 0.29) is 11.9 Å². The number of hydrogen-bond acceptors (Lipinski definition) is 6. The Morgan fingerprint density at radius 3 is 3.06 bits per heavy atom. The summed E-state index contributed by atoms with van der Waals surface area (Å²) in [6, 6.07) is 7.62. The van der Waals surface area contributed by atoms with Gasteiger partial charge in [0, 0.05) is 38.2 Å². The Labute approximate surface area is 177 Å². The smallest absolute Gasteiger partial charge is 0.220 e. The molecule has 5 heterocycles. The normalized spacial score (nSPS) is 20.6. The number of nitrogens with zero attached hydrogens (tertiary/aromatic N) is 4. The van der Waals surface area contributed by atoms with Gasteiger partial charge in [-0.3, -0.25) is 9.20 Å². The van der Waals surface area contributed by atoms with Crippen molar-refractivity contribution in [3.8, 4) is 17.0 Å². The molecule has 6 rings (SSSR count). The van der Waals surface area contributed by atoms with Crippen LogP contribution < -0.4 is 10.1 Å². The molecule has 3 N–H and O–H groups in total. The van der Waals surface area contributed by atoms with Gasteiger partial charge in [0.05, 0.1) is 40.8 Å². The maximum atomic E-state index is 12.3. The summed E-state index contributed by atoms with van der Waals surface area (Å²) in [5, 5.41) is 13.7. The molecular formula is C22H22N6O3. The van der Waals surface area contributed by atoms with Crippen molar-refractivity contribution in [1.29, 1.82) is 0 Å². The van der Waals surface area contributed by atoms with Crippen molar-refractivity contribution in [1.82, 2.24) is 24.3 Å². The largest absolute Gasteiger partial charge is 0.490 e. The van der Waals surface area contributed by atoms with Gasteiger partial charge in [-0.25, -0.2) is 9.97 Å².